The molecule has 0 heterocycles. The molecule has 104 heavy (non-hydrogen) atoms. The van der Waals surface area contributed by atoms with E-state index in [1.807, 2.05) is 0 Å². The van der Waals surface area contributed by atoms with Gasteiger partial charge in [-0.15, -0.1) is 0 Å². The summed E-state index contributed by atoms with van der Waals surface area (Å²) in [5, 5.41) is 36.0. The highest BCUT2D eigenvalue weighted by Crippen LogP contribution is 2.54. The summed E-state index contributed by atoms with van der Waals surface area (Å²) in [6, 6.07) is 0.123. The number of hydrogen-bond donors (Lipinski definition) is 4. The molecule has 1 saturated carbocycles. The first-order valence-electron chi connectivity index (χ1n) is 39.1. The van der Waals surface area contributed by atoms with Crippen LogP contribution < -0.4 is 5.32 Å². The van der Waals surface area contributed by atoms with Crippen molar-refractivity contribution < 1.29 is 129 Å². The van der Waals surface area contributed by atoms with Gasteiger partial charge >= 0.3 is 5.97 Å². The molecule has 3 unspecified atom stereocenters. The highest BCUT2D eigenvalue weighted by Gasteiger charge is 2.62. The molecule has 618 valence electrons. The fourth-order valence-corrected chi connectivity index (χ4v) is 10.5. The number of aliphatic hydroxyl groups excluding tert-OH is 2. The molecule has 4 N–H and O–H groups in total. The van der Waals surface area contributed by atoms with E-state index in [0.29, 0.717) is 324 Å². The Bertz CT molecular complexity index is 1740. The average molecular weight is 1510 g/mol. The van der Waals surface area contributed by atoms with Crippen LogP contribution in [-0.2, 0) is 114 Å². The topological polar surface area (TPSA) is 351 Å². The molecule has 0 aliphatic heterocycles. The predicted octanol–water partition coefficient (Wildman–Crippen LogP) is 6.88. The summed E-state index contributed by atoms with van der Waals surface area (Å²) in [4.78, 5) is 13.4. The summed E-state index contributed by atoms with van der Waals surface area (Å²) >= 11 is 0. The molecule has 0 saturated heterocycles. The van der Waals surface area contributed by atoms with Crippen molar-refractivity contribution in [3.8, 4) is 0 Å². The minimum Gasteiger partial charge on any atom is -0.481 e. The molecule has 3 atom stereocenters. The Kier molecular flexibility index (Phi) is 82.8. The number of aliphatic hydroxyl groups is 2. The molecule has 31 nitrogen and oxygen atoms in total. The standard InChI is InChI=1S/C73H144N4O27/c74-77-76-22-25-83-27-29-85-31-33-87-35-37-89-39-41-91-43-45-93-47-49-95-51-53-97-55-57-99-59-61-101-63-65-103-67-69-104-68-66-102-64-62-100-60-58-98-56-54-96-52-50-94-48-46-92-44-42-90-40-38-88-36-34-86-32-30-84-28-26-82-24-21-75-71-72(81)73(71,19-15-11-7-3-1-5-9-13-17-23-78)20-16-12-8-4-2-6-10-14-18-70(79)80/h71-72,75,78,81H,1-69H2,(H,79,80). The first-order valence-corrected chi connectivity index (χ1v) is 39.1. The SMILES string of the molecule is [N-]=[N+]=NCCOCCOCCOCCOCCOCCOCCOCCOCCOCCOCCOCCOCCOCCOCCOCCOCCOCCOCCOCCOCCOCCOCCOCCNC1C(O)C1(CCCCCCCCCCCO)CCCCCCCCCCC(=O)O. The van der Waals surface area contributed by atoms with E-state index in [1.165, 1.54) is 64.2 Å². The summed E-state index contributed by atoms with van der Waals surface area (Å²) < 4.78 is 127. The zero-order valence-electron chi connectivity index (χ0n) is 63.9. The maximum atomic E-state index is 11.2. The third-order valence-electron chi connectivity index (χ3n) is 16.2. The maximum Gasteiger partial charge on any atom is 0.303 e. The van der Waals surface area contributed by atoms with Gasteiger partial charge in [0.05, 0.1) is 310 Å². The molecule has 31 heteroatoms. The van der Waals surface area contributed by atoms with E-state index in [1.54, 1.807) is 0 Å². The molecule has 1 rings (SSSR count). The zero-order valence-corrected chi connectivity index (χ0v) is 63.9. The number of aliphatic carboxylic acids is 1. The van der Waals surface area contributed by atoms with E-state index in [0.717, 1.165) is 57.8 Å². The molecular formula is C73H144N4O27. The lowest BCUT2D eigenvalue weighted by atomic mass is 9.90. The monoisotopic (exact) mass is 1510 g/mol. The van der Waals surface area contributed by atoms with Crippen molar-refractivity contribution in [2.75, 3.05) is 324 Å². The number of carboxylic acid groups (broad SMARTS) is 1. The normalized spacial score (nSPS) is 15.1. The number of hydrogen-bond acceptors (Lipinski definition) is 28. The predicted molar refractivity (Wildman–Crippen MR) is 390 cm³/mol. The van der Waals surface area contributed by atoms with E-state index in [9.17, 15) is 9.90 Å². The number of carboxylic acids is 1. The van der Waals surface area contributed by atoms with Crippen molar-refractivity contribution in [2.45, 2.75) is 141 Å². The Labute approximate surface area is 623 Å². The quantitative estimate of drug-likeness (QED) is 0.0209. The van der Waals surface area contributed by atoms with Gasteiger partial charge < -0.3 is 130 Å². The van der Waals surface area contributed by atoms with Gasteiger partial charge in [-0.1, -0.05) is 101 Å². The van der Waals surface area contributed by atoms with Gasteiger partial charge in [-0.3, -0.25) is 4.79 Å². The highest BCUT2D eigenvalue weighted by molar-refractivity contribution is 5.66. The van der Waals surface area contributed by atoms with Gasteiger partial charge in [0.2, 0.25) is 0 Å². The minimum absolute atomic E-state index is 0.0355. The summed E-state index contributed by atoms with van der Waals surface area (Å²) in [6.07, 6.45) is 21.5. The summed E-state index contributed by atoms with van der Waals surface area (Å²) in [6.45, 7) is 23.3. The molecule has 1 fully saturated rings. The minimum atomic E-state index is -0.704. The lowest BCUT2D eigenvalue weighted by molar-refractivity contribution is -0.137. The number of carbonyl (C=O) groups is 1. The molecule has 0 bridgehead atoms. The van der Waals surface area contributed by atoms with E-state index in [2.05, 4.69) is 15.3 Å². The van der Waals surface area contributed by atoms with Crippen LogP contribution in [-0.4, -0.2) is 357 Å². The Morgan fingerprint density at radius 3 is 0.702 bits per heavy atom. The van der Waals surface area contributed by atoms with Crippen molar-refractivity contribution in [1.29, 1.82) is 0 Å². The van der Waals surface area contributed by atoms with Crippen molar-refractivity contribution in [3.63, 3.8) is 0 Å². The number of rotatable bonds is 95. The van der Waals surface area contributed by atoms with Gasteiger partial charge in [-0.25, -0.2) is 0 Å². The Morgan fingerprint density at radius 2 is 0.490 bits per heavy atom. The lowest BCUT2D eigenvalue weighted by Gasteiger charge is -2.18. The van der Waals surface area contributed by atoms with E-state index >= 15 is 0 Å². The molecule has 0 aromatic carbocycles. The van der Waals surface area contributed by atoms with Crippen LogP contribution >= 0.6 is 0 Å². The lowest BCUT2D eigenvalue weighted by Crippen LogP contribution is -2.28. The van der Waals surface area contributed by atoms with Gasteiger partial charge in [0.25, 0.3) is 0 Å². The zero-order chi connectivity index (χ0) is 74.4. The van der Waals surface area contributed by atoms with Crippen molar-refractivity contribution in [3.05, 3.63) is 10.4 Å². The largest absolute Gasteiger partial charge is 0.481 e. The Morgan fingerprint density at radius 1 is 0.298 bits per heavy atom. The second-order valence-corrected chi connectivity index (χ2v) is 24.5. The third kappa shape index (κ3) is 75.2. The fourth-order valence-electron chi connectivity index (χ4n) is 10.5. The second-order valence-electron chi connectivity index (χ2n) is 24.5. The number of unbranched alkanes of at least 4 members (excludes halogenated alkanes) is 15. The van der Waals surface area contributed by atoms with Gasteiger partial charge in [-0.2, -0.15) is 0 Å². The number of azide groups is 1. The first-order chi connectivity index (χ1) is 51.6. The van der Waals surface area contributed by atoms with Crippen LogP contribution in [0.15, 0.2) is 5.11 Å². The Hall–Kier alpha value is -2.26. The second kappa shape index (κ2) is 86.3. The van der Waals surface area contributed by atoms with Crippen LogP contribution in [0.4, 0.5) is 0 Å². The molecule has 0 radical (unpaired) electrons. The molecule has 1 aliphatic rings. The number of nitrogens with zero attached hydrogens (tertiary/aromatic N) is 3. The van der Waals surface area contributed by atoms with E-state index < -0.39 is 5.97 Å². The number of nitrogens with one attached hydrogen (secondary N) is 1. The highest BCUT2D eigenvalue weighted by atomic mass is 16.6. The molecule has 0 spiro atoms. The van der Waals surface area contributed by atoms with E-state index in [4.69, 9.17) is 125 Å². The summed E-state index contributed by atoms with van der Waals surface area (Å²) in [7, 11) is 0. The van der Waals surface area contributed by atoms with Crippen LogP contribution in [0.25, 0.3) is 10.4 Å². The fraction of sp³-hybridized carbons (Fsp3) is 0.986. The van der Waals surface area contributed by atoms with Crippen molar-refractivity contribution in [2.24, 2.45) is 10.5 Å². The van der Waals surface area contributed by atoms with Crippen molar-refractivity contribution >= 4 is 5.97 Å². The van der Waals surface area contributed by atoms with Crippen LogP contribution in [0.3, 0.4) is 0 Å². The van der Waals surface area contributed by atoms with Crippen LogP contribution in [0.1, 0.15) is 128 Å². The summed E-state index contributed by atoms with van der Waals surface area (Å²) in [5.41, 5.74) is 8.15. The van der Waals surface area contributed by atoms with Gasteiger partial charge in [0.15, 0.2) is 0 Å². The van der Waals surface area contributed by atoms with Crippen LogP contribution in [0.2, 0.25) is 0 Å². The average Bonchev–Trinajstić information content (AvgIpc) is 1.57. The molecule has 1 aliphatic carbocycles. The molecule has 0 aromatic heterocycles. The van der Waals surface area contributed by atoms with Gasteiger partial charge in [0, 0.05) is 42.5 Å². The first kappa shape index (κ1) is 99.7. The van der Waals surface area contributed by atoms with Gasteiger partial charge in [-0.05, 0) is 31.2 Å². The molecule has 0 aromatic rings. The van der Waals surface area contributed by atoms with E-state index in [-0.39, 0.29) is 24.0 Å². The third-order valence-corrected chi connectivity index (χ3v) is 16.2. The Balaban J connectivity index is 1.72. The maximum absolute atomic E-state index is 11.2. The van der Waals surface area contributed by atoms with Gasteiger partial charge in [0.1, 0.15) is 0 Å². The molecular weight excluding hydrogens is 1360 g/mol. The van der Waals surface area contributed by atoms with Crippen LogP contribution in [0, 0.1) is 5.41 Å². The summed E-state index contributed by atoms with van der Waals surface area (Å²) in [5.74, 6) is -0.704. The van der Waals surface area contributed by atoms with Crippen LogP contribution in [0.5, 0.6) is 0 Å². The van der Waals surface area contributed by atoms with Crippen molar-refractivity contribution in [1.82, 2.24) is 5.32 Å². The number of ether oxygens (including phenoxy) is 23. The molecule has 0 amide bonds. The smallest absolute Gasteiger partial charge is 0.303 e.